The van der Waals surface area contributed by atoms with Crippen LogP contribution in [-0.4, -0.2) is 23.8 Å². The van der Waals surface area contributed by atoms with Crippen LogP contribution in [-0.2, 0) is 9.53 Å². The van der Waals surface area contributed by atoms with Crippen molar-refractivity contribution in [2.24, 2.45) is 29.1 Å². The number of rotatable bonds is 1. The molecule has 6 unspecified atom stereocenters. The highest BCUT2D eigenvalue weighted by Gasteiger charge is 2.68. The van der Waals surface area contributed by atoms with E-state index in [0.717, 1.165) is 24.8 Å². The second kappa shape index (κ2) is 3.19. The summed E-state index contributed by atoms with van der Waals surface area (Å²) >= 11 is 0. The van der Waals surface area contributed by atoms with Crippen LogP contribution in [0.1, 0.15) is 33.1 Å². The lowest BCUT2D eigenvalue weighted by Gasteiger charge is -2.19. The molecule has 4 rings (SSSR count). The lowest BCUT2D eigenvalue weighted by Crippen LogP contribution is -2.17. The van der Waals surface area contributed by atoms with Crippen LogP contribution in [0, 0.1) is 29.1 Å². The molecule has 6 atom stereocenters. The van der Waals surface area contributed by atoms with Crippen LogP contribution in [0.4, 0.5) is 0 Å². The predicted octanol–water partition coefficient (Wildman–Crippen LogP) is 1.90. The monoisotopic (exact) mass is 248 g/mol. The maximum absolute atomic E-state index is 11.9. The Morgan fingerprint density at radius 2 is 2.28 bits per heavy atom. The number of hydrogen-bond donors (Lipinski definition) is 1. The number of aliphatic hydroxyl groups is 1. The van der Waals surface area contributed by atoms with Crippen molar-refractivity contribution >= 4 is 5.97 Å². The van der Waals surface area contributed by atoms with Crippen molar-refractivity contribution < 1.29 is 14.6 Å². The van der Waals surface area contributed by atoms with Crippen LogP contribution in [0.3, 0.4) is 0 Å². The van der Waals surface area contributed by atoms with Crippen molar-refractivity contribution in [2.75, 3.05) is 6.61 Å². The molecule has 0 bridgehead atoms. The highest BCUT2D eigenvalue weighted by Crippen LogP contribution is 2.70. The average molecular weight is 248 g/mol. The van der Waals surface area contributed by atoms with Gasteiger partial charge in [0, 0.05) is 12.2 Å². The minimum Gasteiger partial charge on any atom is -0.454 e. The number of esters is 1. The average Bonchev–Trinajstić information content (AvgIpc) is 2.73. The molecule has 18 heavy (non-hydrogen) atoms. The van der Waals surface area contributed by atoms with Gasteiger partial charge in [0.2, 0.25) is 0 Å². The molecule has 2 saturated carbocycles. The molecule has 0 aromatic rings. The molecular formula is C15H20O3. The Hall–Kier alpha value is -0.830. The van der Waals surface area contributed by atoms with Gasteiger partial charge in [0.1, 0.15) is 6.10 Å². The van der Waals surface area contributed by atoms with Gasteiger partial charge in [-0.15, -0.1) is 0 Å². The molecule has 98 valence electrons. The molecule has 2 fully saturated rings. The van der Waals surface area contributed by atoms with Crippen molar-refractivity contribution in [1.29, 1.82) is 0 Å². The molecule has 1 N–H and O–H groups in total. The first-order valence-corrected chi connectivity index (χ1v) is 7.12. The van der Waals surface area contributed by atoms with Crippen LogP contribution in [0.25, 0.3) is 0 Å². The molecular weight excluding hydrogens is 228 g/mol. The molecule has 3 nitrogen and oxygen atoms in total. The third kappa shape index (κ3) is 1.08. The number of fused-ring (bicyclic) bond motifs is 2. The smallest absolute Gasteiger partial charge is 0.334 e. The van der Waals surface area contributed by atoms with Crippen molar-refractivity contribution in [1.82, 2.24) is 0 Å². The molecule has 0 amide bonds. The third-order valence-corrected chi connectivity index (χ3v) is 6.11. The van der Waals surface area contributed by atoms with Gasteiger partial charge in [-0.3, -0.25) is 0 Å². The minimum atomic E-state index is -0.0566. The second-order valence-corrected chi connectivity index (χ2v) is 6.90. The van der Waals surface area contributed by atoms with E-state index in [4.69, 9.17) is 4.74 Å². The largest absolute Gasteiger partial charge is 0.454 e. The Kier molecular flexibility index (Phi) is 1.95. The van der Waals surface area contributed by atoms with E-state index in [0.29, 0.717) is 23.7 Å². The molecule has 0 saturated heterocycles. The summed E-state index contributed by atoms with van der Waals surface area (Å²) in [5.41, 5.74) is 2.40. The molecule has 0 aromatic carbocycles. The summed E-state index contributed by atoms with van der Waals surface area (Å²) in [7, 11) is 0. The van der Waals surface area contributed by atoms with Gasteiger partial charge < -0.3 is 9.84 Å². The topological polar surface area (TPSA) is 46.5 Å². The highest BCUT2D eigenvalue weighted by molar-refractivity contribution is 5.93. The number of carbonyl (C=O) groups is 1. The standard InChI is InChI=1S/C15H20O3/c1-7-5-10-12-8(14(17)18-10)3-4-9-13(11(7)12)15(9,2)6-16/h7,9-11,13,16H,3-6H2,1-2H3. The zero-order valence-electron chi connectivity index (χ0n) is 11.0. The van der Waals surface area contributed by atoms with Gasteiger partial charge in [-0.1, -0.05) is 13.8 Å². The Labute approximate surface area is 107 Å². The van der Waals surface area contributed by atoms with Crippen molar-refractivity contribution in [3.05, 3.63) is 11.1 Å². The Bertz CT molecular complexity index is 466. The number of hydrogen-bond acceptors (Lipinski definition) is 3. The first kappa shape index (κ1) is 11.0. The molecule has 4 aliphatic rings. The number of ether oxygens (including phenoxy) is 1. The Balaban J connectivity index is 1.80. The molecule has 0 spiro atoms. The zero-order valence-corrected chi connectivity index (χ0v) is 11.0. The highest BCUT2D eigenvalue weighted by atomic mass is 16.5. The van der Waals surface area contributed by atoms with Gasteiger partial charge in [-0.25, -0.2) is 4.79 Å². The van der Waals surface area contributed by atoms with Crippen molar-refractivity contribution in [2.45, 2.75) is 39.2 Å². The first-order chi connectivity index (χ1) is 8.58. The summed E-state index contributed by atoms with van der Waals surface area (Å²) in [6.07, 6.45) is 2.96. The van der Waals surface area contributed by atoms with Crippen molar-refractivity contribution in [3.63, 3.8) is 0 Å². The summed E-state index contributed by atoms with van der Waals surface area (Å²) in [5, 5.41) is 9.68. The van der Waals surface area contributed by atoms with Crippen molar-refractivity contribution in [3.8, 4) is 0 Å². The van der Waals surface area contributed by atoms with Crippen LogP contribution in [0.5, 0.6) is 0 Å². The van der Waals surface area contributed by atoms with E-state index in [1.54, 1.807) is 0 Å². The molecule has 0 radical (unpaired) electrons. The van der Waals surface area contributed by atoms with Crippen LogP contribution in [0.15, 0.2) is 11.1 Å². The maximum Gasteiger partial charge on any atom is 0.334 e. The fraction of sp³-hybridized carbons (Fsp3) is 0.800. The van der Waals surface area contributed by atoms with E-state index in [9.17, 15) is 9.90 Å². The van der Waals surface area contributed by atoms with Crippen LogP contribution < -0.4 is 0 Å². The second-order valence-electron chi connectivity index (χ2n) is 6.90. The molecule has 1 aliphatic heterocycles. The van der Waals surface area contributed by atoms with E-state index >= 15 is 0 Å². The lowest BCUT2D eigenvalue weighted by atomic mass is 9.84. The molecule has 1 heterocycles. The van der Waals surface area contributed by atoms with Gasteiger partial charge >= 0.3 is 5.97 Å². The minimum absolute atomic E-state index is 0.0566. The Morgan fingerprint density at radius 1 is 1.50 bits per heavy atom. The zero-order chi connectivity index (χ0) is 12.7. The fourth-order valence-corrected chi connectivity index (χ4v) is 5.14. The van der Waals surface area contributed by atoms with Crippen LogP contribution in [0.2, 0.25) is 0 Å². The number of aliphatic hydroxyl groups excluding tert-OH is 1. The quantitative estimate of drug-likeness (QED) is 0.721. The summed E-state index contributed by atoms with van der Waals surface area (Å²) < 4.78 is 5.52. The summed E-state index contributed by atoms with van der Waals surface area (Å²) in [6.45, 7) is 4.78. The SMILES string of the molecule is CC1CC2OC(=O)C3=C2C1C1C(CC3)C1(C)CO. The maximum atomic E-state index is 11.9. The fourth-order valence-electron chi connectivity index (χ4n) is 5.14. The van der Waals surface area contributed by atoms with Gasteiger partial charge in [0.25, 0.3) is 0 Å². The summed E-state index contributed by atoms with van der Waals surface area (Å²) in [6, 6.07) is 0. The van der Waals surface area contributed by atoms with Gasteiger partial charge in [-0.05, 0) is 53.9 Å². The number of carbonyl (C=O) groups excluding carboxylic acids is 1. The third-order valence-electron chi connectivity index (χ3n) is 6.11. The Morgan fingerprint density at radius 3 is 3.00 bits per heavy atom. The van der Waals surface area contributed by atoms with E-state index in [-0.39, 0.29) is 24.1 Å². The molecule has 0 aromatic heterocycles. The normalized spacial score (nSPS) is 52.8. The van der Waals surface area contributed by atoms with Gasteiger partial charge in [-0.2, -0.15) is 0 Å². The van der Waals surface area contributed by atoms with Gasteiger partial charge in [0.05, 0.1) is 0 Å². The molecule has 3 aliphatic carbocycles. The lowest BCUT2D eigenvalue weighted by molar-refractivity contribution is -0.140. The van der Waals surface area contributed by atoms with E-state index < -0.39 is 0 Å². The van der Waals surface area contributed by atoms with E-state index in [1.165, 1.54) is 5.57 Å². The van der Waals surface area contributed by atoms with E-state index in [2.05, 4.69) is 13.8 Å². The summed E-state index contributed by atoms with van der Waals surface area (Å²) in [4.78, 5) is 11.9. The predicted molar refractivity (Wildman–Crippen MR) is 65.6 cm³/mol. The first-order valence-electron chi connectivity index (χ1n) is 7.12. The molecule has 3 heteroatoms. The summed E-state index contributed by atoms with van der Waals surface area (Å²) in [5.74, 6) is 2.20. The van der Waals surface area contributed by atoms with Gasteiger partial charge in [0.15, 0.2) is 0 Å². The van der Waals surface area contributed by atoms with E-state index in [1.807, 2.05) is 0 Å². The van der Waals surface area contributed by atoms with Crippen LogP contribution >= 0.6 is 0 Å².